The van der Waals surface area contributed by atoms with Crippen molar-refractivity contribution in [2.45, 2.75) is 40.2 Å². The lowest BCUT2D eigenvalue weighted by Gasteiger charge is -2.21. The first-order chi connectivity index (χ1) is 16.7. The van der Waals surface area contributed by atoms with E-state index in [1.54, 1.807) is 13.1 Å². The molecule has 0 fully saturated rings. The van der Waals surface area contributed by atoms with Gasteiger partial charge in [-0.25, -0.2) is 4.98 Å². The predicted octanol–water partition coefficient (Wildman–Crippen LogP) is 4.75. The largest absolute Gasteiger partial charge is 0.465 e. The van der Waals surface area contributed by atoms with Crippen molar-refractivity contribution >= 4 is 33.6 Å². The van der Waals surface area contributed by atoms with E-state index in [2.05, 4.69) is 30.5 Å². The highest BCUT2D eigenvalue weighted by Gasteiger charge is 2.39. The summed E-state index contributed by atoms with van der Waals surface area (Å²) in [4.78, 5) is 39.1. The van der Waals surface area contributed by atoms with Crippen molar-refractivity contribution in [2.75, 3.05) is 13.2 Å². The van der Waals surface area contributed by atoms with Crippen LogP contribution < -0.4 is 0 Å². The van der Waals surface area contributed by atoms with E-state index in [-0.39, 0.29) is 13.2 Å². The topological polar surface area (TPSA) is 95.7 Å². The minimum Gasteiger partial charge on any atom is -0.465 e. The molecule has 0 amide bonds. The van der Waals surface area contributed by atoms with E-state index in [9.17, 15) is 9.59 Å². The van der Waals surface area contributed by atoms with Crippen LogP contribution in [0.2, 0.25) is 0 Å². The fraction of sp³-hybridized carbons (Fsp3) is 0.346. The maximum absolute atomic E-state index is 12.6. The van der Waals surface area contributed by atoms with Crippen LogP contribution in [0.1, 0.15) is 56.0 Å². The van der Waals surface area contributed by atoms with Crippen molar-refractivity contribution in [1.29, 1.82) is 0 Å². The van der Waals surface area contributed by atoms with Crippen LogP contribution in [-0.4, -0.2) is 45.4 Å². The number of hydrogen-bond acceptors (Lipinski definition) is 7. The van der Waals surface area contributed by atoms with Gasteiger partial charge in [-0.2, -0.15) is 0 Å². The second kappa shape index (κ2) is 10.1. The molecule has 1 atom stereocenters. The van der Waals surface area contributed by atoms with Gasteiger partial charge in [0.2, 0.25) is 0 Å². The average molecular weight is 539 g/mol. The molecule has 3 aromatic rings. The monoisotopic (exact) mass is 538 g/mol. The Hall–Kier alpha value is -3.33. The Kier molecular flexibility index (Phi) is 7.16. The number of halogens is 1. The second-order valence-corrected chi connectivity index (χ2v) is 9.65. The minimum atomic E-state index is -1.39. The number of fused-ring (bicyclic) bond motifs is 3. The fourth-order valence-electron chi connectivity index (χ4n) is 3.92. The molecule has 0 saturated carbocycles. The number of rotatable bonds is 7. The van der Waals surface area contributed by atoms with Crippen molar-refractivity contribution in [3.05, 3.63) is 76.0 Å². The molecule has 0 bridgehead atoms. The van der Waals surface area contributed by atoms with Crippen molar-refractivity contribution in [3.8, 4) is 5.69 Å². The lowest BCUT2D eigenvalue weighted by Crippen LogP contribution is -2.36. The summed E-state index contributed by atoms with van der Waals surface area (Å²) in [5.41, 5.74) is 2.91. The molecule has 8 nitrogen and oxygen atoms in total. The molecule has 0 spiro atoms. The van der Waals surface area contributed by atoms with E-state index >= 15 is 0 Å². The summed E-state index contributed by atoms with van der Waals surface area (Å²) in [5, 5.41) is 0. The number of carbonyl (C=O) groups excluding carboxylic acids is 2. The summed E-state index contributed by atoms with van der Waals surface area (Å²) in [6.45, 7) is 6.95. The molecule has 182 valence electrons. The summed E-state index contributed by atoms with van der Waals surface area (Å²) in [6, 6.07) is 11.3. The van der Waals surface area contributed by atoms with Crippen LogP contribution in [0.15, 0.2) is 58.3 Å². The first-order valence-electron chi connectivity index (χ1n) is 11.4. The summed E-state index contributed by atoms with van der Waals surface area (Å²) >= 11 is 3.58. The first kappa shape index (κ1) is 24.8. The Balaban J connectivity index is 1.68. The lowest BCUT2D eigenvalue weighted by molar-refractivity contribution is -0.169. The molecular formula is C26H27BrN4O4. The highest BCUT2D eigenvalue weighted by Crippen LogP contribution is 2.34. The van der Waals surface area contributed by atoms with Gasteiger partial charge in [-0.15, -0.1) is 0 Å². The van der Waals surface area contributed by atoms with Crippen molar-refractivity contribution in [1.82, 2.24) is 14.5 Å². The van der Waals surface area contributed by atoms with E-state index in [0.29, 0.717) is 6.42 Å². The zero-order valence-electron chi connectivity index (χ0n) is 20.1. The molecule has 1 aromatic carbocycles. The molecule has 0 aliphatic carbocycles. The fourth-order valence-corrected chi connectivity index (χ4v) is 4.28. The summed E-state index contributed by atoms with van der Waals surface area (Å²) in [6.07, 6.45) is 3.93. The lowest BCUT2D eigenvalue weighted by atomic mass is 9.94. The van der Waals surface area contributed by atoms with E-state index in [1.807, 2.05) is 49.5 Å². The minimum absolute atomic E-state index is 0.0667. The van der Waals surface area contributed by atoms with Gasteiger partial charge in [0.1, 0.15) is 11.9 Å². The Morgan fingerprint density at radius 3 is 2.60 bits per heavy atom. The third-order valence-corrected chi connectivity index (χ3v) is 6.32. The maximum Gasteiger partial charge on any atom is 0.322 e. The Labute approximate surface area is 212 Å². The van der Waals surface area contributed by atoms with Gasteiger partial charge >= 0.3 is 11.9 Å². The van der Waals surface area contributed by atoms with Crippen LogP contribution in [-0.2, 0) is 19.1 Å². The third-order valence-electron chi connectivity index (χ3n) is 5.83. The third kappa shape index (κ3) is 4.91. The quantitative estimate of drug-likeness (QED) is 0.318. The average Bonchev–Trinajstić information content (AvgIpc) is 3.16. The molecular weight excluding hydrogens is 512 g/mol. The van der Waals surface area contributed by atoms with Crippen molar-refractivity contribution in [3.63, 3.8) is 0 Å². The number of aromatic nitrogens is 3. The van der Waals surface area contributed by atoms with E-state index < -0.39 is 23.4 Å². The molecule has 35 heavy (non-hydrogen) atoms. The van der Waals surface area contributed by atoms with Gasteiger partial charge in [-0.3, -0.25) is 24.1 Å². The van der Waals surface area contributed by atoms with Crippen LogP contribution in [0.3, 0.4) is 0 Å². The number of nitrogens with zero attached hydrogens (tertiary/aromatic N) is 4. The Morgan fingerprint density at radius 2 is 1.89 bits per heavy atom. The van der Waals surface area contributed by atoms with Gasteiger partial charge in [0.15, 0.2) is 5.41 Å². The zero-order chi connectivity index (χ0) is 25.2. The molecule has 3 heterocycles. The van der Waals surface area contributed by atoms with Gasteiger partial charge in [-0.1, -0.05) is 22.0 Å². The first-order valence-corrected chi connectivity index (χ1v) is 12.2. The molecule has 0 unspecified atom stereocenters. The molecule has 0 N–H and O–H groups in total. The number of esters is 2. The van der Waals surface area contributed by atoms with E-state index in [0.717, 1.165) is 38.6 Å². The standard InChI is InChI=1S/C26H27BrN4O4/c1-5-34-24(32)26(3,4)25(33)35-13-11-20-23-29-15-16(2)31(23)21-10-9-17(27)14-18(21)22(30-20)19-8-6-7-12-28-19/h6-10,12,14-15,20H,5,11,13H2,1-4H3/t20-/m0/s1. The van der Waals surface area contributed by atoms with Gasteiger partial charge in [0, 0.05) is 34.5 Å². The summed E-state index contributed by atoms with van der Waals surface area (Å²) in [5.74, 6) is -0.495. The molecule has 1 aliphatic rings. The van der Waals surface area contributed by atoms with Gasteiger partial charge in [-0.05, 0) is 58.0 Å². The van der Waals surface area contributed by atoms with Crippen LogP contribution in [0.4, 0.5) is 0 Å². The van der Waals surface area contributed by atoms with Crippen LogP contribution in [0.5, 0.6) is 0 Å². The second-order valence-electron chi connectivity index (χ2n) is 8.73. The number of pyridine rings is 1. The molecule has 0 radical (unpaired) electrons. The van der Waals surface area contributed by atoms with Crippen molar-refractivity contribution < 1.29 is 19.1 Å². The molecule has 0 saturated heterocycles. The SMILES string of the molecule is CCOC(=O)C(C)(C)C(=O)OCC[C@@H]1N=C(c2ccccn2)c2cc(Br)ccc2-n2c(C)cnc21. The Morgan fingerprint density at radius 1 is 1.11 bits per heavy atom. The number of hydrogen-bond donors (Lipinski definition) is 0. The predicted molar refractivity (Wildman–Crippen MR) is 135 cm³/mol. The van der Waals surface area contributed by atoms with Gasteiger partial charge in [0.25, 0.3) is 0 Å². The van der Waals surface area contributed by atoms with E-state index in [4.69, 9.17) is 14.5 Å². The zero-order valence-corrected chi connectivity index (χ0v) is 21.7. The number of ether oxygens (including phenoxy) is 2. The number of aryl methyl sites for hydroxylation is 1. The smallest absolute Gasteiger partial charge is 0.322 e. The van der Waals surface area contributed by atoms with E-state index in [1.165, 1.54) is 13.8 Å². The van der Waals surface area contributed by atoms with Crippen LogP contribution in [0, 0.1) is 12.3 Å². The molecule has 9 heteroatoms. The number of aliphatic imine (C=N–C) groups is 1. The van der Waals surface area contributed by atoms with Crippen molar-refractivity contribution in [2.24, 2.45) is 10.4 Å². The Bertz CT molecular complexity index is 1280. The summed E-state index contributed by atoms with van der Waals surface area (Å²) in [7, 11) is 0. The maximum atomic E-state index is 12.6. The number of carbonyl (C=O) groups is 2. The van der Waals surface area contributed by atoms with Crippen LogP contribution >= 0.6 is 15.9 Å². The highest BCUT2D eigenvalue weighted by atomic mass is 79.9. The van der Waals surface area contributed by atoms with Crippen LogP contribution in [0.25, 0.3) is 5.69 Å². The summed E-state index contributed by atoms with van der Waals surface area (Å²) < 4.78 is 13.5. The molecule has 4 rings (SSSR count). The molecule has 1 aliphatic heterocycles. The normalized spacial score (nSPS) is 14.9. The van der Waals surface area contributed by atoms with Gasteiger partial charge < -0.3 is 9.47 Å². The number of imidazole rings is 1. The van der Waals surface area contributed by atoms with Gasteiger partial charge in [0.05, 0.1) is 30.3 Å². The highest BCUT2D eigenvalue weighted by molar-refractivity contribution is 9.10. The molecule has 2 aromatic heterocycles. The number of benzene rings is 1.